The van der Waals surface area contributed by atoms with Crippen molar-refractivity contribution >= 4 is 10.9 Å². The van der Waals surface area contributed by atoms with Gasteiger partial charge in [-0.2, -0.15) is 0 Å². The number of aryl methyl sites for hydroxylation is 1. The van der Waals surface area contributed by atoms with Crippen LogP contribution in [0.2, 0.25) is 0 Å². The smallest absolute Gasteiger partial charge is 0.0705 e. The normalized spacial score (nSPS) is 24.4. The van der Waals surface area contributed by atoms with Gasteiger partial charge < -0.3 is 5.73 Å². The average Bonchev–Trinajstić information content (AvgIpc) is 2.27. The van der Waals surface area contributed by atoms with E-state index in [1.165, 1.54) is 16.6 Å². The van der Waals surface area contributed by atoms with Crippen molar-refractivity contribution in [3.05, 3.63) is 41.6 Å². The maximum atomic E-state index is 6.34. The molecule has 0 saturated carbocycles. The van der Waals surface area contributed by atoms with Crippen LogP contribution in [0.15, 0.2) is 30.3 Å². The van der Waals surface area contributed by atoms with Crippen molar-refractivity contribution in [3.8, 4) is 0 Å². The number of hydrogen-bond donors (Lipinski definition) is 1. The number of benzene rings is 1. The average molecular weight is 212 g/mol. The molecule has 0 spiro atoms. The van der Waals surface area contributed by atoms with Gasteiger partial charge in [0, 0.05) is 16.6 Å². The monoisotopic (exact) mass is 212 g/mol. The maximum Gasteiger partial charge on any atom is 0.0705 e. The zero-order valence-electron chi connectivity index (χ0n) is 9.53. The molecule has 1 aromatic heterocycles. The van der Waals surface area contributed by atoms with Crippen LogP contribution in [0.1, 0.15) is 31.0 Å². The highest BCUT2D eigenvalue weighted by atomic mass is 14.8. The molecule has 1 atom stereocenters. The summed E-state index contributed by atoms with van der Waals surface area (Å²) >= 11 is 0. The largest absolute Gasteiger partial charge is 0.322 e. The van der Waals surface area contributed by atoms with E-state index in [0.717, 1.165) is 24.8 Å². The van der Waals surface area contributed by atoms with Gasteiger partial charge >= 0.3 is 0 Å². The molecule has 0 amide bonds. The van der Waals surface area contributed by atoms with Crippen LogP contribution in [-0.2, 0) is 12.0 Å². The minimum absolute atomic E-state index is 0.204. The zero-order chi connectivity index (χ0) is 11.2. The number of pyridine rings is 1. The van der Waals surface area contributed by atoms with Crippen molar-refractivity contribution in [2.45, 2.75) is 31.7 Å². The first-order chi connectivity index (χ1) is 7.67. The summed E-state index contributed by atoms with van der Waals surface area (Å²) in [7, 11) is 0. The number of fused-ring (bicyclic) bond motifs is 2. The maximum absolute atomic E-state index is 6.34. The van der Waals surface area contributed by atoms with E-state index < -0.39 is 0 Å². The number of nitrogens with two attached hydrogens (primary N) is 1. The van der Waals surface area contributed by atoms with Gasteiger partial charge in [-0.3, -0.25) is 4.98 Å². The first-order valence-electron chi connectivity index (χ1n) is 5.85. The summed E-state index contributed by atoms with van der Waals surface area (Å²) < 4.78 is 0. The number of rotatable bonds is 0. The summed E-state index contributed by atoms with van der Waals surface area (Å²) in [4.78, 5) is 4.73. The van der Waals surface area contributed by atoms with E-state index >= 15 is 0 Å². The van der Waals surface area contributed by atoms with Crippen molar-refractivity contribution in [3.63, 3.8) is 0 Å². The second kappa shape index (κ2) is 3.29. The van der Waals surface area contributed by atoms with Gasteiger partial charge in [-0.25, -0.2) is 0 Å². The van der Waals surface area contributed by atoms with Gasteiger partial charge in [-0.05, 0) is 43.9 Å². The molecular weight excluding hydrogens is 196 g/mol. The summed E-state index contributed by atoms with van der Waals surface area (Å²) in [5, 5.41) is 1.19. The molecule has 1 aromatic carbocycles. The molecule has 0 radical (unpaired) electrons. The number of para-hydroxylation sites is 1. The number of aromatic nitrogens is 1. The van der Waals surface area contributed by atoms with Gasteiger partial charge in [0.25, 0.3) is 0 Å². The Morgan fingerprint density at radius 2 is 2.12 bits per heavy atom. The Bertz CT molecular complexity index is 543. The molecule has 3 rings (SSSR count). The molecule has 1 unspecified atom stereocenters. The molecule has 1 aliphatic carbocycles. The lowest BCUT2D eigenvalue weighted by molar-refractivity contribution is 0.405. The van der Waals surface area contributed by atoms with E-state index in [9.17, 15) is 0 Å². The first kappa shape index (κ1) is 9.79. The highest BCUT2D eigenvalue weighted by molar-refractivity contribution is 5.79. The van der Waals surface area contributed by atoms with Crippen molar-refractivity contribution in [1.29, 1.82) is 0 Å². The molecule has 2 nitrogen and oxygen atoms in total. The molecule has 82 valence electrons. The molecular formula is C14H16N2. The Kier molecular flexibility index (Phi) is 2.01. The minimum Gasteiger partial charge on any atom is -0.322 e. The lowest BCUT2D eigenvalue weighted by atomic mass is 9.80. The first-order valence-corrected chi connectivity index (χ1v) is 5.85. The van der Waals surface area contributed by atoms with Crippen molar-refractivity contribution < 1.29 is 0 Å². The predicted octanol–water partition coefficient (Wildman–Crippen LogP) is 2.75. The summed E-state index contributed by atoms with van der Waals surface area (Å²) in [5.74, 6) is 0. The Morgan fingerprint density at radius 3 is 3.00 bits per heavy atom. The fourth-order valence-corrected chi connectivity index (χ4v) is 2.60. The predicted molar refractivity (Wildman–Crippen MR) is 66.2 cm³/mol. The van der Waals surface area contributed by atoms with Gasteiger partial charge in [0.15, 0.2) is 0 Å². The number of hydrogen-bond acceptors (Lipinski definition) is 2. The van der Waals surface area contributed by atoms with Crippen molar-refractivity contribution in [2.24, 2.45) is 5.73 Å². The van der Waals surface area contributed by atoms with Crippen LogP contribution < -0.4 is 5.73 Å². The lowest BCUT2D eigenvalue weighted by Gasteiger charge is -2.31. The Labute approximate surface area is 95.5 Å². The molecule has 1 heterocycles. The molecule has 0 saturated heterocycles. The third-order valence-corrected chi connectivity index (χ3v) is 3.53. The van der Waals surface area contributed by atoms with Crippen LogP contribution >= 0.6 is 0 Å². The van der Waals surface area contributed by atoms with Crippen molar-refractivity contribution in [1.82, 2.24) is 4.98 Å². The molecule has 1 aliphatic rings. The number of nitrogens with zero attached hydrogens (tertiary/aromatic N) is 1. The van der Waals surface area contributed by atoms with Crippen LogP contribution in [0.25, 0.3) is 10.9 Å². The quantitative estimate of drug-likeness (QED) is 0.729. The van der Waals surface area contributed by atoms with E-state index in [1.807, 2.05) is 12.1 Å². The molecule has 2 aromatic rings. The third-order valence-electron chi connectivity index (χ3n) is 3.53. The third kappa shape index (κ3) is 1.41. The van der Waals surface area contributed by atoms with Gasteiger partial charge in [0.1, 0.15) is 0 Å². The molecule has 0 bridgehead atoms. The van der Waals surface area contributed by atoms with E-state index in [0.29, 0.717) is 0 Å². The van der Waals surface area contributed by atoms with E-state index in [4.69, 9.17) is 10.7 Å². The van der Waals surface area contributed by atoms with Crippen LogP contribution in [0.5, 0.6) is 0 Å². The van der Waals surface area contributed by atoms with Gasteiger partial charge in [0.05, 0.1) is 5.52 Å². The molecule has 2 N–H and O–H groups in total. The molecule has 0 aliphatic heterocycles. The summed E-state index contributed by atoms with van der Waals surface area (Å²) in [6.45, 7) is 2.11. The zero-order valence-corrected chi connectivity index (χ0v) is 9.53. The second-order valence-corrected chi connectivity index (χ2v) is 4.95. The topological polar surface area (TPSA) is 38.9 Å². The highest BCUT2D eigenvalue weighted by Gasteiger charge is 2.28. The fourth-order valence-electron chi connectivity index (χ4n) is 2.60. The standard InChI is InChI=1S/C14H16N2/c1-14(15)8-4-7-13-11(14)9-10-5-2-3-6-12(10)16-13/h2-3,5-6,9H,4,7-8,15H2,1H3. The Morgan fingerprint density at radius 1 is 1.31 bits per heavy atom. The van der Waals surface area contributed by atoms with E-state index in [2.05, 4.69) is 25.1 Å². The van der Waals surface area contributed by atoms with Crippen LogP contribution in [0.4, 0.5) is 0 Å². The van der Waals surface area contributed by atoms with Crippen LogP contribution in [-0.4, -0.2) is 4.98 Å². The minimum atomic E-state index is -0.204. The van der Waals surface area contributed by atoms with Gasteiger partial charge in [-0.15, -0.1) is 0 Å². The lowest BCUT2D eigenvalue weighted by Crippen LogP contribution is -2.37. The summed E-state index contributed by atoms with van der Waals surface area (Å²) in [6, 6.07) is 10.5. The highest BCUT2D eigenvalue weighted by Crippen LogP contribution is 2.33. The SMILES string of the molecule is CC1(N)CCCc2nc3ccccc3cc21. The Balaban J connectivity index is 2.30. The van der Waals surface area contributed by atoms with Crippen LogP contribution in [0.3, 0.4) is 0 Å². The van der Waals surface area contributed by atoms with E-state index in [1.54, 1.807) is 0 Å². The molecule has 2 heteroatoms. The van der Waals surface area contributed by atoms with Crippen LogP contribution in [0, 0.1) is 0 Å². The van der Waals surface area contributed by atoms with E-state index in [-0.39, 0.29) is 5.54 Å². The van der Waals surface area contributed by atoms with Crippen molar-refractivity contribution in [2.75, 3.05) is 0 Å². The fraction of sp³-hybridized carbons (Fsp3) is 0.357. The second-order valence-electron chi connectivity index (χ2n) is 4.95. The summed E-state index contributed by atoms with van der Waals surface area (Å²) in [5.41, 5.74) is 9.64. The van der Waals surface area contributed by atoms with Gasteiger partial charge in [0.2, 0.25) is 0 Å². The molecule has 0 fully saturated rings. The Hall–Kier alpha value is -1.41. The molecule has 16 heavy (non-hydrogen) atoms. The summed E-state index contributed by atoms with van der Waals surface area (Å²) in [6.07, 6.45) is 3.26. The van der Waals surface area contributed by atoms with Gasteiger partial charge in [-0.1, -0.05) is 18.2 Å².